The molecule has 0 spiro atoms. The second-order valence-electron chi connectivity index (χ2n) is 7.87. The fraction of sp³-hybridized carbons (Fsp3) is 0.500. The van der Waals surface area contributed by atoms with Gasteiger partial charge in [-0.25, -0.2) is 0 Å². The molecule has 0 fully saturated rings. The molecule has 1 aromatic carbocycles. The fourth-order valence-electron chi connectivity index (χ4n) is 4.12. The van der Waals surface area contributed by atoms with E-state index >= 15 is 0 Å². The zero-order valence-corrected chi connectivity index (χ0v) is 15.1. The standard InChI is InChI=1S/C22H30O/c1-16(15-20(23)19-11-7-6-8-12-19)14-18(3)21-17(2)10-9-13-22(21,4)5/h6-8,10-12,16,21H,3,9,13-15H2,1-2,4-5H3. The fourth-order valence-corrected chi connectivity index (χ4v) is 4.12. The maximum Gasteiger partial charge on any atom is 0.163 e. The summed E-state index contributed by atoms with van der Waals surface area (Å²) >= 11 is 0. The Bertz CT molecular complexity index is 592. The van der Waals surface area contributed by atoms with Gasteiger partial charge in [-0.1, -0.05) is 74.9 Å². The van der Waals surface area contributed by atoms with E-state index in [1.54, 1.807) is 0 Å². The third-order valence-corrected chi connectivity index (χ3v) is 5.14. The van der Waals surface area contributed by atoms with E-state index < -0.39 is 0 Å². The minimum atomic E-state index is 0.237. The van der Waals surface area contributed by atoms with Crippen molar-refractivity contribution >= 4 is 5.78 Å². The minimum Gasteiger partial charge on any atom is -0.294 e. The molecule has 124 valence electrons. The van der Waals surface area contributed by atoms with E-state index in [9.17, 15) is 4.79 Å². The molecule has 2 atom stereocenters. The number of ketones is 1. The summed E-state index contributed by atoms with van der Waals surface area (Å²) in [6.07, 6.45) is 6.27. The van der Waals surface area contributed by atoms with Crippen molar-refractivity contribution in [3.05, 3.63) is 59.7 Å². The monoisotopic (exact) mass is 310 g/mol. The Morgan fingerprint density at radius 2 is 1.91 bits per heavy atom. The van der Waals surface area contributed by atoms with Crippen LogP contribution in [0, 0.1) is 17.3 Å². The first-order chi connectivity index (χ1) is 10.8. The molecule has 0 saturated heterocycles. The molecule has 0 amide bonds. The molecule has 1 aromatic rings. The summed E-state index contributed by atoms with van der Waals surface area (Å²) in [5.74, 6) is 1.02. The number of hydrogen-bond acceptors (Lipinski definition) is 1. The maximum absolute atomic E-state index is 12.4. The number of benzene rings is 1. The molecular formula is C22H30O. The van der Waals surface area contributed by atoms with Crippen LogP contribution in [0.2, 0.25) is 0 Å². The van der Waals surface area contributed by atoms with Gasteiger partial charge in [-0.3, -0.25) is 4.79 Å². The van der Waals surface area contributed by atoms with Gasteiger partial charge in [-0.15, -0.1) is 0 Å². The maximum atomic E-state index is 12.4. The molecule has 0 heterocycles. The van der Waals surface area contributed by atoms with E-state index in [-0.39, 0.29) is 11.2 Å². The summed E-state index contributed by atoms with van der Waals surface area (Å²) in [7, 11) is 0. The van der Waals surface area contributed by atoms with Crippen LogP contribution >= 0.6 is 0 Å². The van der Waals surface area contributed by atoms with Gasteiger partial charge in [0.05, 0.1) is 0 Å². The van der Waals surface area contributed by atoms with Gasteiger partial charge >= 0.3 is 0 Å². The van der Waals surface area contributed by atoms with Gasteiger partial charge in [-0.2, -0.15) is 0 Å². The quantitative estimate of drug-likeness (QED) is 0.450. The van der Waals surface area contributed by atoms with E-state index in [4.69, 9.17) is 0 Å². The van der Waals surface area contributed by atoms with Gasteiger partial charge < -0.3 is 0 Å². The van der Waals surface area contributed by atoms with Gasteiger partial charge in [0.1, 0.15) is 0 Å². The first-order valence-corrected chi connectivity index (χ1v) is 8.74. The van der Waals surface area contributed by atoms with Crippen LogP contribution in [0.1, 0.15) is 63.7 Å². The summed E-state index contributed by atoms with van der Waals surface area (Å²) in [6, 6.07) is 9.61. The van der Waals surface area contributed by atoms with Crippen molar-refractivity contribution in [1.29, 1.82) is 0 Å². The van der Waals surface area contributed by atoms with Gasteiger partial charge in [0.15, 0.2) is 5.78 Å². The van der Waals surface area contributed by atoms with Gasteiger partial charge in [0, 0.05) is 17.9 Å². The molecular weight excluding hydrogens is 280 g/mol. The summed E-state index contributed by atoms with van der Waals surface area (Å²) in [6.45, 7) is 13.5. The van der Waals surface area contributed by atoms with E-state index in [2.05, 4.69) is 40.3 Å². The third-order valence-electron chi connectivity index (χ3n) is 5.14. The van der Waals surface area contributed by atoms with Crippen molar-refractivity contribution in [2.24, 2.45) is 17.3 Å². The SMILES string of the molecule is C=C(CC(C)CC(=O)c1ccccc1)C1C(C)=CCCC1(C)C. The zero-order chi connectivity index (χ0) is 17.0. The highest BCUT2D eigenvalue weighted by molar-refractivity contribution is 5.96. The molecule has 2 rings (SSSR count). The van der Waals surface area contributed by atoms with Crippen molar-refractivity contribution in [1.82, 2.24) is 0 Å². The number of carbonyl (C=O) groups excluding carboxylic acids is 1. The van der Waals surface area contributed by atoms with Gasteiger partial charge in [-0.05, 0) is 37.5 Å². The van der Waals surface area contributed by atoms with Crippen molar-refractivity contribution in [3.63, 3.8) is 0 Å². The molecule has 1 aliphatic rings. The molecule has 0 aliphatic heterocycles. The van der Waals surface area contributed by atoms with E-state index in [0.717, 1.165) is 12.0 Å². The molecule has 1 heteroatoms. The van der Waals surface area contributed by atoms with Crippen LogP contribution in [0.15, 0.2) is 54.1 Å². The first-order valence-electron chi connectivity index (χ1n) is 8.74. The lowest BCUT2D eigenvalue weighted by Gasteiger charge is -2.40. The van der Waals surface area contributed by atoms with Crippen molar-refractivity contribution in [3.8, 4) is 0 Å². The Morgan fingerprint density at radius 3 is 2.52 bits per heavy atom. The van der Waals surface area contributed by atoms with Crippen LogP contribution in [-0.4, -0.2) is 5.78 Å². The normalized spacial score (nSPS) is 21.4. The smallest absolute Gasteiger partial charge is 0.163 e. The van der Waals surface area contributed by atoms with Gasteiger partial charge in [0.25, 0.3) is 0 Å². The molecule has 0 radical (unpaired) electrons. The Morgan fingerprint density at radius 1 is 1.26 bits per heavy atom. The second-order valence-corrected chi connectivity index (χ2v) is 7.87. The average Bonchev–Trinajstić information content (AvgIpc) is 2.46. The minimum absolute atomic E-state index is 0.237. The summed E-state index contributed by atoms with van der Waals surface area (Å²) < 4.78 is 0. The van der Waals surface area contributed by atoms with Crippen molar-refractivity contribution in [2.45, 2.75) is 53.4 Å². The van der Waals surface area contributed by atoms with Crippen LogP contribution in [0.25, 0.3) is 0 Å². The van der Waals surface area contributed by atoms with Crippen LogP contribution < -0.4 is 0 Å². The van der Waals surface area contributed by atoms with Crippen molar-refractivity contribution < 1.29 is 4.79 Å². The zero-order valence-electron chi connectivity index (χ0n) is 15.1. The Balaban J connectivity index is 1.98. The largest absolute Gasteiger partial charge is 0.294 e. The predicted octanol–water partition coefficient (Wildman–Crippen LogP) is 6.22. The molecule has 2 unspecified atom stereocenters. The van der Waals surface area contributed by atoms with E-state index in [0.29, 0.717) is 18.3 Å². The highest BCUT2D eigenvalue weighted by Gasteiger charge is 2.34. The van der Waals surface area contributed by atoms with Crippen LogP contribution in [0.5, 0.6) is 0 Å². The lowest BCUT2D eigenvalue weighted by molar-refractivity contribution is 0.0963. The highest BCUT2D eigenvalue weighted by Crippen LogP contribution is 2.45. The van der Waals surface area contributed by atoms with Crippen LogP contribution in [0.3, 0.4) is 0 Å². The topological polar surface area (TPSA) is 17.1 Å². The lowest BCUT2D eigenvalue weighted by atomic mass is 9.65. The molecule has 0 aromatic heterocycles. The Hall–Kier alpha value is -1.63. The second kappa shape index (κ2) is 7.29. The van der Waals surface area contributed by atoms with Crippen LogP contribution in [-0.2, 0) is 0 Å². The third kappa shape index (κ3) is 4.43. The number of carbonyl (C=O) groups is 1. The lowest BCUT2D eigenvalue weighted by Crippen LogP contribution is -2.29. The van der Waals surface area contributed by atoms with Crippen LogP contribution in [0.4, 0.5) is 0 Å². The molecule has 23 heavy (non-hydrogen) atoms. The van der Waals surface area contributed by atoms with E-state index in [1.807, 2.05) is 30.3 Å². The highest BCUT2D eigenvalue weighted by atomic mass is 16.1. The Kier molecular flexibility index (Phi) is 5.62. The molecule has 1 aliphatic carbocycles. The van der Waals surface area contributed by atoms with Crippen molar-refractivity contribution in [2.75, 3.05) is 0 Å². The Labute approximate surface area is 141 Å². The van der Waals surface area contributed by atoms with Gasteiger partial charge in [0.2, 0.25) is 0 Å². The molecule has 0 bridgehead atoms. The number of rotatable bonds is 6. The summed E-state index contributed by atoms with van der Waals surface area (Å²) in [4.78, 5) is 12.4. The molecule has 0 saturated carbocycles. The number of allylic oxidation sites excluding steroid dienone is 3. The molecule has 1 nitrogen and oxygen atoms in total. The average molecular weight is 310 g/mol. The summed E-state index contributed by atoms with van der Waals surface area (Å²) in [5, 5.41) is 0. The predicted molar refractivity (Wildman–Crippen MR) is 98.6 cm³/mol. The molecule has 0 N–H and O–H groups in total. The number of Topliss-reactive ketones (excluding diaryl/α,β-unsaturated/α-hetero) is 1. The van der Waals surface area contributed by atoms with E-state index in [1.165, 1.54) is 24.0 Å². The number of hydrogen-bond donors (Lipinski definition) is 0. The first kappa shape index (κ1) is 17.7. The summed E-state index contributed by atoms with van der Waals surface area (Å²) in [5.41, 5.74) is 3.84.